The van der Waals surface area contributed by atoms with Gasteiger partial charge in [-0.25, -0.2) is 4.79 Å². The van der Waals surface area contributed by atoms with Gasteiger partial charge >= 0.3 is 5.97 Å². The molecule has 0 aliphatic heterocycles. The molecule has 4 heteroatoms. The Labute approximate surface area is 108 Å². The van der Waals surface area contributed by atoms with E-state index in [1.807, 2.05) is 6.92 Å². The number of esters is 1. The number of para-hydroxylation sites is 1. The quantitative estimate of drug-likeness (QED) is 0.756. The second kappa shape index (κ2) is 6.28. The summed E-state index contributed by atoms with van der Waals surface area (Å²) in [6, 6.07) is 5.16. The van der Waals surface area contributed by atoms with Crippen molar-refractivity contribution in [2.45, 2.75) is 26.9 Å². The highest BCUT2D eigenvalue weighted by Crippen LogP contribution is 2.33. The summed E-state index contributed by atoms with van der Waals surface area (Å²) in [7, 11) is 2.89. The van der Waals surface area contributed by atoms with Crippen LogP contribution >= 0.6 is 0 Å². The first-order chi connectivity index (χ1) is 8.51. The molecule has 0 saturated heterocycles. The number of carbonyl (C=O) groups excluding carboxylic acids is 1. The van der Waals surface area contributed by atoms with Crippen molar-refractivity contribution in [2.24, 2.45) is 5.92 Å². The third kappa shape index (κ3) is 3.15. The van der Waals surface area contributed by atoms with E-state index >= 15 is 0 Å². The number of hydrogen-bond acceptors (Lipinski definition) is 4. The molecule has 1 atom stereocenters. The first-order valence-corrected chi connectivity index (χ1v) is 5.93. The average molecular weight is 252 g/mol. The molecule has 0 heterocycles. The number of hydrogen-bond donors (Lipinski definition) is 0. The lowest BCUT2D eigenvalue weighted by atomic mass is 10.1. The van der Waals surface area contributed by atoms with E-state index in [1.165, 1.54) is 7.11 Å². The van der Waals surface area contributed by atoms with Crippen LogP contribution in [0.2, 0.25) is 0 Å². The van der Waals surface area contributed by atoms with E-state index in [2.05, 4.69) is 13.8 Å². The fourth-order valence-electron chi connectivity index (χ4n) is 1.39. The highest BCUT2D eigenvalue weighted by atomic mass is 16.5. The predicted molar refractivity (Wildman–Crippen MR) is 69.3 cm³/mol. The van der Waals surface area contributed by atoms with Gasteiger partial charge in [-0.15, -0.1) is 0 Å². The summed E-state index contributed by atoms with van der Waals surface area (Å²) >= 11 is 0. The van der Waals surface area contributed by atoms with Gasteiger partial charge in [0.2, 0.25) is 0 Å². The van der Waals surface area contributed by atoms with E-state index in [9.17, 15) is 4.79 Å². The minimum absolute atomic E-state index is 0.0234. The predicted octanol–water partition coefficient (Wildman–Crippen LogP) is 2.91. The Kier molecular flexibility index (Phi) is 5.01. The number of rotatable bonds is 5. The molecule has 0 aromatic heterocycles. The summed E-state index contributed by atoms with van der Waals surface area (Å²) in [6.45, 7) is 6.06. The van der Waals surface area contributed by atoms with Crippen LogP contribution in [0.5, 0.6) is 11.5 Å². The van der Waals surface area contributed by atoms with Gasteiger partial charge in [-0.3, -0.25) is 0 Å². The molecule has 100 valence electrons. The van der Waals surface area contributed by atoms with Crippen molar-refractivity contribution >= 4 is 5.97 Å². The lowest BCUT2D eigenvalue weighted by Crippen LogP contribution is -2.20. The van der Waals surface area contributed by atoms with E-state index < -0.39 is 5.97 Å². The molecule has 0 aliphatic rings. The van der Waals surface area contributed by atoms with Crippen LogP contribution in [-0.2, 0) is 4.74 Å². The summed E-state index contributed by atoms with van der Waals surface area (Å²) in [4.78, 5) is 11.7. The molecule has 4 nitrogen and oxygen atoms in total. The molecular weight excluding hydrogens is 232 g/mol. The topological polar surface area (TPSA) is 44.8 Å². The van der Waals surface area contributed by atoms with Crippen molar-refractivity contribution in [3.05, 3.63) is 23.8 Å². The Balaban J connectivity index is 3.15. The largest absolute Gasteiger partial charge is 0.493 e. The van der Waals surface area contributed by atoms with Crippen LogP contribution in [0.25, 0.3) is 0 Å². The first kappa shape index (κ1) is 14.4. The van der Waals surface area contributed by atoms with Gasteiger partial charge in [-0.2, -0.15) is 0 Å². The second-order valence-electron chi connectivity index (χ2n) is 4.40. The lowest BCUT2D eigenvalue weighted by Gasteiger charge is -2.21. The van der Waals surface area contributed by atoms with Gasteiger partial charge in [-0.05, 0) is 25.0 Å². The molecule has 1 unspecified atom stereocenters. The van der Waals surface area contributed by atoms with E-state index in [-0.39, 0.29) is 6.10 Å². The van der Waals surface area contributed by atoms with Crippen molar-refractivity contribution in [3.8, 4) is 11.5 Å². The highest BCUT2D eigenvalue weighted by molar-refractivity contribution is 5.93. The van der Waals surface area contributed by atoms with Crippen molar-refractivity contribution in [3.63, 3.8) is 0 Å². The maximum Gasteiger partial charge on any atom is 0.341 e. The van der Waals surface area contributed by atoms with Gasteiger partial charge in [-0.1, -0.05) is 19.9 Å². The molecule has 1 rings (SSSR count). The van der Waals surface area contributed by atoms with Crippen LogP contribution in [-0.4, -0.2) is 26.3 Å². The monoisotopic (exact) mass is 252 g/mol. The van der Waals surface area contributed by atoms with E-state index in [4.69, 9.17) is 14.2 Å². The number of methoxy groups -OCH3 is 2. The molecule has 0 saturated carbocycles. The Morgan fingerprint density at radius 2 is 1.83 bits per heavy atom. The standard InChI is InChI=1S/C14H20O4/c1-9(2)10(3)18-13-11(14(15)17-5)7-6-8-12(13)16-4/h6-10H,1-5H3. The lowest BCUT2D eigenvalue weighted by molar-refractivity contribution is 0.0590. The van der Waals surface area contributed by atoms with Gasteiger partial charge in [0, 0.05) is 0 Å². The summed E-state index contributed by atoms with van der Waals surface area (Å²) in [5, 5.41) is 0. The molecule has 1 aromatic rings. The summed E-state index contributed by atoms with van der Waals surface area (Å²) in [5.41, 5.74) is 0.379. The minimum atomic E-state index is -0.431. The fraction of sp³-hybridized carbons (Fsp3) is 0.500. The Hall–Kier alpha value is -1.71. The van der Waals surface area contributed by atoms with E-state index in [0.717, 1.165) is 0 Å². The molecule has 1 aromatic carbocycles. The Morgan fingerprint density at radius 3 is 2.33 bits per heavy atom. The van der Waals surface area contributed by atoms with Gasteiger partial charge in [0.25, 0.3) is 0 Å². The molecule has 18 heavy (non-hydrogen) atoms. The van der Waals surface area contributed by atoms with Crippen LogP contribution in [0, 0.1) is 5.92 Å². The summed E-state index contributed by atoms with van der Waals surface area (Å²) in [5.74, 6) is 0.874. The molecule has 0 fully saturated rings. The smallest absolute Gasteiger partial charge is 0.341 e. The van der Waals surface area contributed by atoms with Crippen LogP contribution in [0.1, 0.15) is 31.1 Å². The van der Waals surface area contributed by atoms with Crippen molar-refractivity contribution in [2.75, 3.05) is 14.2 Å². The van der Waals surface area contributed by atoms with Crippen LogP contribution in [0.4, 0.5) is 0 Å². The molecule has 0 bridgehead atoms. The first-order valence-electron chi connectivity index (χ1n) is 5.93. The molecule has 0 N–H and O–H groups in total. The Bertz CT molecular complexity index is 412. The number of carbonyl (C=O) groups is 1. The molecule has 0 radical (unpaired) electrons. The average Bonchev–Trinajstić information content (AvgIpc) is 2.37. The SMILES string of the molecule is COC(=O)c1cccc(OC)c1OC(C)C(C)C. The zero-order valence-corrected chi connectivity index (χ0v) is 11.5. The van der Waals surface area contributed by atoms with Crippen molar-refractivity contribution in [1.29, 1.82) is 0 Å². The van der Waals surface area contributed by atoms with Gasteiger partial charge < -0.3 is 14.2 Å². The van der Waals surface area contributed by atoms with E-state index in [0.29, 0.717) is 23.0 Å². The maximum atomic E-state index is 11.7. The highest BCUT2D eigenvalue weighted by Gasteiger charge is 2.20. The molecule has 0 amide bonds. The third-order valence-corrected chi connectivity index (χ3v) is 2.85. The number of benzene rings is 1. The molecule has 0 aliphatic carbocycles. The minimum Gasteiger partial charge on any atom is -0.493 e. The maximum absolute atomic E-state index is 11.7. The summed E-state index contributed by atoms with van der Waals surface area (Å²) in [6.07, 6.45) is -0.0234. The summed E-state index contributed by atoms with van der Waals surface area (Å²) < 4.78 is 15.8. The van der Waals surface area contributed by atoms with Crippen molar-refractivity contribution < 1.29 is 19.0 Å². The zero-order valence-electron chi connectivity index (χ0n) is 11.5. The van der Waals surface area contributed by atoms with Gasteiger partial charge in [0.1, 0.15) is 5.56 Å². The molecular formula is C14H20O4. The normalized spacial score (nSPS) is 12.1. The Morgan fingerprint density at radius 1 is 1.17 bits per heavy atom. The van der Waals surface area contributed by atoms with Crippen LogP contribution < -0.4 is 9.47 Å². The van der Waals surface area contributed by atoms with Gasteiger partial charge in [0.15, 0.2) is 11.5 Å². The second-order valence-corrected chi connectivity index (χ2v) is 4.40. The van der Waals surface area contributed by atoms with Crippen LogP contribution in [0.3, 0.4) is 0 Å². The van der Waals surface area contributed by atoms with Gasteiger partial charge in [0.05, 0.1) is 20.3 Å². The zero-order chi connectivity index (χ0) is 13.7. The fourth-order valence-corrected chi connectivity index (χ4v) is 1.39. The van der Waals surface area contributed by atoms with E-state index in [1.54, 1.807) is 25.3 Å². The molecule has 0 spiro atoms. The number of ether oxygens (including phenoxy) is 3. The third-order valence-electron chi connectivity index (χ3n) is 2.85. The van der Waals surface area contributed by atoms with Crippen LogP contribution in [0.15, 0.2) is 18.2 Å². The van der Waals surface area contributed by atoms with Crippen molar-refractivity contribution in [1.82, 2.24) is 0 Å².